The van der Waals surface area contributed by atoms with E-state index in [2.05, 4.69) is 10.1 Å². The van der Waals surface area contributed by atoms with Crippen molar-refractivity contribution in [2.75, 3.05) is 27.3 Å². The van der Waals surface area contributed by atoms with E-state index in [1.54, 1.807) is 25.2 Å². The summed E-state index contributed by atoms with van der Waals surface area (Å²) in [6.07, 6.45) is 4.47. The van der Waals surface area contributed by atoms with Crippen molar-refractivity contribution in [2.45, 2.75) is 25.3 Å². The fraction of sp³-hybridized carbons (Fsp3) is 0.471. The number of methoxy groups -OCH3 is 2. The van der Waals surface area contributed by atoms with E-state index in [9.17, 15) is 4.79 Å². The van der Waals surface area contributed by atoms with Gasteiger partial charge in [0, 0.05) is 31.0 Å². The van der Waals surface area contributed by atoms with Crippen LogP contribution in [0.2, 0.25) is 0 Å². The Morgan fingerprint density at radius 1 is 1.33 bits per heavy atom. The predicted molar refractivity (Wildman–Crippen MR) is 88.1 cm³/mol. The van der Waals surface area contributed by atoms with Crippen LogP contribution in [0, 0.1) is 0 Å². The van der Waals surface area contributed by atoms with Gasteiger partial charge in [0.15, 0.2) is 0 Å². The summed E-state index contributed by atoms with van der Waals surface area (Å²) in [7, 11) is 3.32. The van der Waals surface area contributed by atoms with Crippen LogP contribution < -0.4 is 9.47 Å². The maximum absolute atomic E-state index is 12.4. The summed E-state index contributed by atoms with van der Waals surface area (Å²) in [5.74, 6) is 2.07. The summed E-state index contributed by atoms with van der Waals surface area (Å²) in [5, 5.41) is 4.02. The summed E-state index contributed by atoms with van der Waals surface area (Å²) < 4.78 is 12.5. The number of amides is 1. The summed E-state index contributed by atoms with van der Waals surface area (Å²) in [4.78, 5) is 18.2. The highest BCUT2D eigenvalue weighted by atomic mass is 16.5. The minimum Gasteiger partial charge on any atom is -0.497 e. The van der Waals surface area contributed by atoms with E-state index in [0.717, 1.165) is 30.0 Å². The van der Waals surface area contributed by atoms with Crippen LogP contribution in [0.1, 0.15) is 24.3 Å². The number of carbonyl (C=O) groups is 1. The molecule has 0 aliphatic carbocycles. The molecule has 7 heteroatoms. The Balaban J connectivity index is 1.63. The first kappa shape index (κ1) is 16.3. The number of likely N-dealkylation sites (tertiary alicyclic amines) is 1. The molecule has 0 radical (unpaired) electrons. The standard InChI is InChI=1S/C17H22N4O3/c1-23-14-3-4-16(24-2)15(9-14)13-5-7-20(10-13)17(22)6-8-21-12-18-11-19-21/h3-4,9,11-13H,5-8,10H2,1-2H3/t13-/m0/s1. The molecule has 7 nitrogen and oxygen atoms in total. The van der Waals surface area contributed by atoms with Crippen LogP contribution in [-0.4, -0.2) is 52.9 Å². The predicted octanol–water partition coefficient (Wildman–Crippen LogP) is 1.70. The lowest BCUT2D eigenvalue weighted by Crippen LogP contribution is -2.29. The zero-order chi connectivity index (χ0) is 16.9. The second-order valence-corrected chi connectivity index (χ2v) is 5.84. The molecular weight excluding hydrogens is 308 g/mol. The van der Waals surface area contributed by atoms with Gasteiger partial charge < -0.3 is 14.4 Å². The summed E-state index contributed by atoms with van der Waals surface area (Å²) >= 11 is 0. The van der Waals surface area contributed by atoms with E-state index >= 15 is 0 Å². The molecule has 2 heterocycles. The Labute approximate surface area is 141 Å². The van der Waals surface area contributed by atoms with Gasteiger partial charge in [0.2, 0.25) is 5.91 Å². The van der Waals surface area contributed by atoms with Crippen LogP contribution >= 0.6 is 0 Å². The summed E-state index contributed by atoms with van der Waals surface area (Å²) in [6, 6.07) is 5.81. The average Bonchev–Trinajstić information content (AvgIpc) is 3.30. The molecule has 1 amide bonds. The number of carbonyl (C=O) groups excluding carboxylic acids is 1. The molecule has 0 unspecified atom stereocenters. The molecule has 1 saturated heterocycles. The molecule has 0 saturated carbocycles. The lowest BCUT2D eigenvalue weighted by atomic mass is 9.97. The Hall–Kier alpha value is -2.57. The van der Waals surface area contributed by atoms with Crippen molar-refractivity contribution in [3.8, 4) is 11.5 Å². The lowest BCUT2D eigenvalue weighted by Gasteiger charge is -2.18. The van der Waals surface area contributed by atoms with Crippen molar-refractivity contribution in [2.24, 2.45) is 0 Å². The zero-order valence-electron chi connectivity index (χ0n) is 14.0. The number of hydrogen-bond acceptors (Lipinski definition) is 5. The van der Waals surface area contributed by atoms with Crippen LogP contribution in [0.15, 0.2) is 30.9 Å². The first-order valence-corrected chi connectivity index (χ1v) is 8.03. The van der Waals surface area contributed by atoms with Crippen LogP contribution in [0.4, 0.5) is 0 Å². The lowest BCUT2D eigenvalue weighted by molar-refractivity contribution is -0.130. The molecule has 0 spiro atoms. The number of ether oxygens (including phenoxy) is 2. The van der Waals surface area contributed by atoms with Crippen molar-refractivity contribution in [1.82, 2.24) is 19.7 Å². The SMILES string of the molecule is COc1ccc(OC)c([C@H]2CCN(C(=O)CCn3cncn3)C2)c1. The van der Waals surface area contributed by atoms with Gasteiger partial charge in [0.1, 0.15) is 24.2 Å². The van der Waals surface area contributed by atoms with E-state index in [1.165, 1.54) is 6.33 Å². The minimum absolute atomic E-state index is 0.148. The molecule has 24 heavy (non-hydrogen) atoms. The number of aromatic nitrogens is 3. The van der Waals surface area contributed by atoms with Gasteiger partial charge in [-0.1, -0.05) is 0 Å². The van der Waals surface area contributed by atoms with E-state index in [1.807, 2.05) is 23.1 Å². The van der Waals surface area contributed by atoms with Crippen molar-refractivity contribution < 1.29 is 14.3 Å². The maximum Gasteiger partial charge on any atom is 0.224 e. The Bertz CT molecular complexity index is 687. The van der Waals surface area contributed by atoms with Crippen LogP contribution in [-0.2, 0) is 11.3 Å². The van der Waals surface area contributed by atoms with Crippen LogP contribution in [0.5, 0.6) is 11.5 Å². The van der Waals surface area contributed by atoms with Crippen LogP contribution in [0.3, 0.4) is 0 Å². The van der Waals surface area contributed by atoms with Crippen molar-refractivity contribution in [3.05, 3.63) is 36.4 Å². The van der Waals surface area contributed by atoms with Gasteiger partial charge >= 0.3 is 0 Å². The Morgan fingerprint density at radius 3 is 2.92 bits per heavy atom. The van der Waals surface area contributed by atoms with Gasteiger partial charge in [-0.2, -0.15) is 5.10 Å². The smallest absolute Gasteiger partial charge is 0.224 e. The first-order valence-electron chi connectivity index (χ1n) is 8.03. The van der Waals surface area contributed by atoms with Gasteiger partial charge in [-0.05, 0) is 24.6 Å². The minimum atomic E-state index is 0.148. The molecule has 3 rings (SSSR count). The van der Waals surface area contributed by atoms with Gasteiger partial charge in [-0.3, -0.25) is 9.48 Å². The third-order valence-electron chi connectivity index (χ3n) is 4.44. The molecule has 1 atom stereocenters. The number of nitrogens with zero attached hydrogens (tertiary/aromatic N) is 4. The average molecular weight is 330 g/mol. The second-order valence-electron chi connectivity index (χ2n) is 5.84. The van der Waals surface area contributed by atoms with Gasteiger partial charge in [0.05, 0.1) is 20.8 Å². The second kappa shape index (κ2) is 7.33. The number of benzene rings is 1. The quantitative estimate of drug-likeness (QED) is 0.806. The summed E-state index contributed by atoms with van der Waals surface area (Å²) in [6.45, 7) is 2.03. The van der Waals surface area contributed by atoms with E-state index in [0.29, 0.717) is 19.5 Å². The van der Waals surface area contributed by atoms with E-state index < -0.39 is 0 Å². The third-order valence-corrected chi connectivity index (χ3v) is 4.44. The largest absolute Gasteiger partial charge is 0.497 e. The van der Waals surface area contributed by atoms with E-state index in [4.69, 9.17) is 9.47 Å². The Morgan fingerprint density at radius 2 is 2.21 bits per heavy atom. The fourth-order valence-corrected chi connectivity index (χ4v) is 3.12. The van der Waals surface area contributed by atoms with Crippen LogP contribution in [0.25, 0.3) is 0 Å². The third kappa shape index (κ3) is 3.50. The molecule has 1 aliphatic heterocycles. The molecule has 0 bridgehead atoms. The molecule has 2 aromatic rings. The number of aryl methyl sites for hydroxylation is 1. The molecule has 1 aromatic heterocycles. The van der Waals surface area contributed by atoms with Crippen molar-refractivity contribution in [1.29, 1.82) is 0 Å². The Kier molecular flexibility index (Phi) is 4.98. The molecule has 1 aromatic carbocycles. The fourth-order valence-electron chi connectivity index (χ4n) is 3.12. The molecule has 128 valence electrons. The molecular formula is C17H22N4O3. The van der Waals surface area contributed by atoms with E-state index in [-0.39, 0.29) is 11.8 Å². The van der Waals surface area contributed by atoms with Crippen molar-refractivity contribution in [3.63, 3.8) is 0 Å². The van der Waals surface area contributed by atoms with Crippen molar-refractivity contribution >= 4 is 5.91 Å². The normalized spacial score (nSPS) is 17.1. The summed E-state index contributed by atoms with van der Waals surface area (Å²) in [5.41, 5.74) is 1.10. The molecule has 1 fully saturated rings. The molecule has 0 N–H and O–H groups in total. The van der Waals surface area contributed by atoms with Gasteiger partial charge in [0.25, 0.3) is 0 Å². The first-order chi connectivity index (χ1) is 11.7. The molecule has 1 aliphatic rings. The highest BCUT2D eigenvalue weighted by molar-refractivity contribution is 5.76. The maximum atomic E-state index is 12.4. The highest BCUT2D eigenvalue weighted by Crippen LogP contribution is 2.36. The number of rotatable bonds is 6. The monoisotopic (exact) mass is 330 g/mol. The highest BCUT2D eigenvalue weighted by Gasteiger charge is 2.29. The van der Waals surface area contributed by atoms with Gasteiger partial charge in [-0.15, -0.1) is 0 Å². The van der Waals surface area contributed by atoms with Gasteiger partial charge in [-0.25, -0.2) is 4.98 Å². The topological polar surface area (TPSA) is 69.5 Å². The zero-order valence-corrected chi connectivity index (χ0v) is 14.0. The number of hydrogen-bond donors (Lipinski definition) is 0.